The van der Waals surface area contributed by atoms with Crippen LogP contribution >= 0.6 is 0 Å². The van der Waals surface area contributed by atoms with E-state index in [4.69, 9.17) is 4.74 Å². The molecule has 0 radical (unpaired) electrons. The van der Waals surface area contributed by atoms with E-state index in [0.29, 0.717) is 18.0 Å². The van der Waals surface area contributed by atoms with Gasteiger partial charge in [0.25, 0.3) is 0 Å². The van der Waals surface area contributed by atoms with E-state index in [-0.39, 0.29) is 23.6 Å². The molecule has 1 saturated heterocycles. The Bertz CT molecular complexity index is 855. The molecular formula is C23H30FN3O2. The number of likely N-dealkylation sites (tertiary alicyclic amines) is 1. The third-order valence-corrected chi connectivity index (χ3v) is 5.45. The number of ether oxygens (including phenoxy) is 1. The van der Waals surface area contributed by atoms with Crippen LogP contribution in [-0.2, 0) is 17.8 Å². The van der Waals surface area contributed by atoms with E-state index in [1.54, 1.807) is 30.6 Å². The Balaban J connectivity index is 1.61. The van der Waals surface area contributed by atoms with E-state index in [0.717, 1.165) is 31.6 Å². The Morgan fingerprint density at radius 3 is 2.48 bits per heavy atom. The highest BCUT2D eigenvalue weighted by atomic mass is 19.1. The first kappa shape index (κ1) is 21.4. The highest BCUT2D eigenvalue weighted by Crippen LogP contribution is 2.34. The van der Waals surface area contributed by atoms with Crippen LogP contribution in [0.25, 0.3) is 0 Å². The lowest BCUT2D eigenvalue weighted by Gasteiger charge is -2.38. The third kappa shape index (κ3) is 5.60. The number of hydrogen-bond acceptors (Lipinski definition) is 5. The van der Waals surface area contributed by atoms with Gasteiger partial charge in [-0.1, -0.05) is 25.1 Å². The average molecular weight is 400 g/mol. The van der Waals surface area contributed by atoms with E-state index in [1.807, 2.05) is 27.7 Å². The lowest BCUT2D eigenvalue weighted by atomic mass is 9.75. The van der Waals surface area contributed by atoms with Crippen LogP contribution in [0.5, 0.6) is 5.88 Å². The minimum atomic E-state index is -0.425. The molecule has 0 saturated carbocycles. The predicted molar refractivity (Wildman–Crippen MR) is 110 cm³/mol. The predicted octanol–water partition coefficient (Wildman–Crippen LogP) is 4.21. The summed E-state index contributed by atoms with van der Waals surface area (Å²) in [5, 5.41) is 0. The second-order valence-corrected chi connectivity index (χ2v) is 9.05. The number of rotatable bonds is 6. The Morgan fingerprint density at radius 2 is 1.83 bits per heavy atom. The van der Waals surface area contributed by atoms with Crippen molar-refractivity contribution in [2.75, 3.05) is 13.1 Å². The highest BCUT2D eigenvalue weighted by Gasteiger charge is 2.37. The molecule has 1 aliphatic heterocycles. The van der Waals surface area contributed by atoms with E-state index < -0.39 is 5.41 Å². The average Bonchev–Trinajstić information content (AvgIpc) is 2.66. The van der Waals surface area contributed by atoms with Crippen LogP contribution in [0.15, 0.2) is 36.7 Å². The van der Waals surface area contributed by atoms with Crippen molar-refractivity contribution in [1.29, 1.82) is 0 Å². The summed E-state index contributed by atoms with van der Waals surface area (Å²) >= 11 is 0. The maximum atomic E-state index is 13.9. The van der Waals surface area contributed by atoms with Gasteiger partial charge in [-0.3, -0.25) is 14.7 Å². The summed E-state index contributed by atoms with van der Waals surface area (Å²) in [6.45, 7) is 10.2. The molecule has 29 heavy (non-hydrogen) atoms. The van der Waals surface area contributed by atoms with Crippen LogP contribution < -0.4 is 4.74 Å². The highest BCUT2D eigenvalue weighted by molar-refractivity contribution is 5.86. The van der Waals surface area contributed by atoms with Crippen LogP contribution in [-0.4, -0.2) is 39.3 Å². The van der Waals surface area contributed by atoms with Gasteiger partial charge >= 0.3 is 0 Å². The number of ketones is 1. The zero-order chi connectivity index (χ0) is 21.1. The summed E-state index contributed by atoms with van der Waals surface area (Å²) < 4.78 is 19.9. The van der Waals surface area contributed by atoms with Gasteiger partial charge in [-0.15, -0.1) is 0 Å². The van der Waals surface area contributed by atoms with Gasteiger partial charge in [0.15, 0.2) is 0 Å². The second-order valence-electron chi connectivity index (χ2n) is 9.05. The molecule has 1 aliphatic rings. The van der Waals surface area contributed by atoms with Crippen LogP contribution in [0.4, 0.5) is 4.39 Å². The maximum Gasteiger partial charge on any atom is 0.237 e. The van der Waals surface area contributed by atoms with Gasteiger partial charge in [-0.2, -0.15) is 0 Å². The molecule has 0 N–H and O–H groups in total. The topological polar surface area (TPSA) is 55.3 Å². The van der Waals surface area contributed by atoms with Gasteiger partial charge < -0.3 is 4.74 Å². The smallest absolute Gasteiger partial charge is 0.237 e. The molecule has 1 aromatic heterocycles. The van der Waals surface area contributed by atoms with Crippen molar-refractivity contribution >= 4 is 5.78 Å². The van der Waals surface area contributed by atoms with Gasteiger partial charge in [-0.05, 0) is 58.3 Å². The number of aromatic nitrogens is 2. The molecule has 0 spiro atoms. The SMILES string of the molecule is CC(C)(C)Oc1nccnc1CN1CCC(C)(C(=O)Cc2ccccc2F)CC1. The molecule has 0 bridgehead atoms. The summed E-state index contributed by atoms with van der Waals surface area (Å²) in [5.74, 6) is 0.360. The first-order valence-electron chi connectivity index (χ1n) is 10.1. The Morgan fingerprint density at radius 1 is 1.17 bits per heavy atom. The largest absolute Gasteiger partial charge is 0.471 e. The van der Waals surface area contributed by atoms with Crippen LogP contribution in [0.2, 0.25) is 0 Å². The lowest BCUT2D eigenvalue weighted by Crippen LogP contribution is -2.43. The fourth-order valence-corrected chi connectivity index (χ4v) is 3.56. The summed E-state index contributed by atoms with van der Waals surface area (Å²) in [4.78, 5) is 24.0. The molecule has 3 rings (SSSR count). The molecular weight excluding hydrogens is 369 g/mol. The number of benzene rings is 1. The normalized spacial score (nSPS) is 17.1. The van der Waals surface area contributed by atoms with Crippen LogP contribution in [0.3, 0.4) is 0 Å². The Kier molecular flexibility index (Phi) is 6.32. The number of nitrogens with zero attached hydrogens (tertiary/aromatic N) is 3. The molecule has 1 aromatic carbocycles. The first-order chi connectivity index (χ1) is 13.7. The number of piperidine rings is 1. The number of hydrogen-bond donors (Lipinski definition) is 0. The zero-order valence-corrected chi connectivity index (χ0v) is 17.7. The molecule has 5 nitrogen and oxygen atoms in total. The molecule has 0 atom stereocenters. The second kappa shape index (κ2) is 8.57. The van der Waals surface area contributed by atoms with Gasteiger partial charge in [0.1, 0.15) is 22.9 Å². The lowest BCUT2D eigenvalue weighted by molar-refractivity contribution is -0.129. The van der Waals surface area contributed by atoms with Gasteiger partial charge in [0.2, 0.25) is 5.88 Å². The van der Waals surface area contributed by atoms with Crippen molar-refractivity contribution < 1.29 is 13.9 Å². The molecule has 6 heteroatoms. The molecule has 2 aromatic rings. The van der Waals surface area contributed by atoms with Crippen molar-refractivity contribution in [3.05, 3.63) is 53.7 Å². The van der Waals surface area contributed by atoms with Crippen molar-refractivity contribution in [2.24, 2.45) is 5.41 Å². The minimum absolute atomic E-state index is 0.110. The quantitative estimate of drug-likeness (QED) is 0.728. The van der Waals surface area contributed by atoms with Crippen molar-refractivity contribution in [2.45, 2.75) is 59.1 Å². The molecule has 2 heterocycles. The van der Waals surface area contributed by atoms with Crippen LogP contribution in [0.1, 0.15) is 51.8 Å². The first-order valence-corrected chi connectivity index (χ1v) is 10.1. The Hall–Kier alpha value is -2.34. The monoisotopic (exact) mass is 399 g/mol. The van der Waals surface area contributed by atoms with E-state index in [1.165, 1.54) is 6.07 Å². The fraction of sp³-hybridized carbons (Fsp3) is 0.522. The standard InChI is InChI=1S/C23H30FN3O2/c1-22(2,3)29-21-19(25-11-12-26-21)16-27-13-9-23(4,10-14-27)20(28)15-17-7-5-6-8-18(17)24/h5-8,11-12H,9-10,13-16H2,1-4H3. The zero-order valence-electron chi connectivity index (χ0n) is 17.7. The van der Waals surface area contributed by atoms with Crippen molar-refractivity contribution in [3.8, 4) is 5.88 Å². The number of halogens is 1. The molecule has 0 aliphatic carbocycles. The van der Waals surface area contributed by atoms with Gasteiger partial charge in [-0.25, -0.2) is 9.37 Å². The van der Waals surface area contributed by atoms with E-state index in [9.17, 15) is 9.18 Å². The van der Waals surface area contributed by atoms with Gasteiger partial charge in [0, 0.05) is 30.8 Å². The van der Waals surface area contributed by atoms with Crippen LogP contribution in [0, 0.1) is 11.2 Å². The summed E-state index contributed by atoms with van der Waals surface area (Å²) in [5.41, 5.74) is 0.518. The molecule has 156 valence electrons. The van der Waals surface area contributed by atoms with Crippen molar-refractivity contribution in [1.82, 2.24) is 14.9 Å². The summed E-state index contributed by atoms with van der Waals surface area (Å²) in [7, 11) is 0. The fourth-order valence-electron chi connectivity index (χ4n) is 3.56. The van der Waals surface area contributed by atoms with E-state index in [2.05, 4.69) is 14.9 Å². The molecule has 0 unspecified atom stereocenters. The molecule has 1 fully saturated rings. The maximum absolute atomic E-state index is 13.9. The third-order valence-electron chi connectivity index (χ3n) is 5.45. The Labute approximate surface area is 172 Å². The minimum Gasteiger partial charge on any atom is -0.471 e. The van der Waals surface area contributed by atoms with Gasteiger partial charge in [0.05, 0.1) is 0 Å². The number of Topliss-reactive ketones (excluding diaryl/α,β-unsaturated/α-hetero) is 1. The summed E-state index contributed by atoms with van der Waals surface area (Å²) in [6, 6.07) is 6.52. The van der Waals surface area contributed by atoms with E-state index >= 15 is 0 Å². The number of carbonyl (C=O) groups excluding carboxylic acids is 1. The summed E-state index contributed by atoms with van der Waals surface area (Å²) in [6.07, 6.45) is 4.96. The van der Waals surface area contributed by atoms with Crippen molar-refractivity contribution in [3.63, 3.8) is 0 Å². The number of carbonyl (C=O) groups is 1. The molecule has 0 amide bonds.